The zero-order valence-electron chi connectivity index (χ0n) is 12.0. The van der Waals surface area contributed by atoms with Crippen molar-refractivity contribution < 1.29 is 9.53 Å². The first-order valence-corrected chi connectivity index (χ1v) is 6.57. The number of rotatable bonds is 5. The monoisotopic (exact) mass is 283 g/mol. The van der Waals surface area contributed by atoms with E-state index >= 15 is 0 Å². The van der Waals surface area contributed by atoms with Gasteiger partial charge in [0.25, 0.3) is 5.91 Å². The Hall–Kier alpha value is -2.69. The molecule has 2 rings (SSSR count). The van der Waals surface area contributed by atoms with Crippen molar-refractivity contribution >= 4 is 12.1 Å². The van der Waals surface area contributed by atoms with E-state index in [2.05, 4.69) is 15.5 Å². The second-order valence-corrected chi connectivity index (χ2v) is 4.64. The van der Waals surface area contributed by atoms with E-state index in [1.807, 2.05) is 38.1 Å². The van der Waals surface area contributed by atoms with Gasteiger partial charge in [-0.1, -0.05) is 18.2 Å². The summed E-state index contributed by atoms with van der Waals surface area (Å²) in [7, 11) is 0. The van der Waals surface area contributed by atoms with Gasteiger partial charge in [0, 0.05) is 18.0 Å². The Balaban J connectivity index is 1.82. The van der Waals surface area contributed by atoms with E-state index in [9.17, 15) is 4.79 Å². The van der Waals surface area contributed by atoms with Crippen molar-refractivity contribution in [3.8, 4) is 5.75 Å². The summed E-state index contributed by atoms with van der Waals surface area (Å²) in [5.41, 5.74) is 5.31. The lowest BCUT2D eigenvalue weighted by Gasteiger charge is -2.08. The van der Waals surface area contributed by atoms with Crippen LogP contribution in [-0.2, 0) is 4.79 Å². The zero-order valence-corrected chi connectivity index (χ0v) is 12.0. The van der Waals surface area contributed by atoms with Gasteiger partial charge in [0.05, 0.1) is 6.21 Å². The quantitative estimate of drug-likeness (QED) is 0.676. The second-order valence-electron chi connectivity index (χ2n) is 4.64. The highest BCUT2D eigenvalue weighted by atomic mass is 16.5. The lowest BCUT2D eigenvalue weighted by Crippen LogP contribution is -2.24. The van der Waals surface area contributed by atoms with Gasteiger partial charge in [0.1, 0.15) is 5.75 Å². The maximum absolute atomic E-state index is 11.6. The molecule has 2 aromatic rings. The first kappa shape index (κ1) is 14.7. The highest BCUT2D eigenvalue weighted by molar-refractivity contribution is 5.82. The number of nitrogens with one attached hydrogen (secondary N) is 1. The minimum absolute atomic E-state index is 0.0747. The summed E-state index contributed by atoms with van der Waals surface area (Å²) in [6.07, 6.45) is 4.86. The smallest absolute Gasteiger partial charge is 0.277 e. The van der Waals surface area contributed by atoms with E-state index < -0.39 is 0 Å². The third kappa shape index (κ3) is 4.72. The fourth-order valence-electron chi connectivity index (χ4n) is 1.67. The maximum Gasteiger partial charge on any atom is 0.277 e. The van der Waals surface area contributed by atoms with Gasteiger partial charge in [-0.25, -0.2) is 5.43 Å². The molecule has 0 aliphatic heterocycles. The number of nitrogens with zero attached hydrogens (tertiary/aromatic N) is 2. The Morgan fingerprint density at radius 3 is 3.00 bits per heavy atom. The number of amides is 1. The number of ether oxygens (including phenoxy) is 1. The second kappa shape index (κ2) is 7.19. The van der Waals surface area contributed by atoms with Gasteiger partial charge in [0.2, 0.25) is 0 Å². The van der Waals surface area contributed by atoms with Gasteiger partial charge in [-0.2, -0.15) is 5.10 Å². The van der Waals surface area contributed by atoms with Crippen LogP contribution in [0.3, 0.4) is 0 Å². The first-order chi connectivity index (χ1) is 10.1. The highest BCUT2D eigenvalue weighted by Crippen LogP contribution is 2.18. The summed E-state index contributed by atoms with van der Waals surface area (Å²) in [4.78, 5) is 15.6. The molecule has 0 aliphatic carbocycles. The van der Waals surface area contributed by atoms with Crippen molar-refractivity contribution in [3.63, 3.8) is 0 Å². The fourth-order valence-corrected chi connectivity index (χ4v) is 1.67. The number of aromatic nitrogens is 1. The van der Waals surface area contributed by atoms with Crippen LogP contribution in [0.1, 0.15) is 16.7 Å². The van der Waals surface area contributed by atoms with E-state index in [-0.39, 0.29) is 12.5 Å². The van der Waals surface area contributed by atoms with Crippen LogP contribution in [0.4, 0.5) is 0 Å². The molecule has 1 amide bonds. The SMILES string of the molecule is Cc1ccc(C)c(OCC(=O)N/N=C/c2cccnc2)c1. The predicted molar refractivity (Wildman–Crippen MR) is 81.4 cm³/mol. The van der Waals surface area contributed by atoms with Crippen LogP contribution in [0.25, 0.3) is 0 Å². The van der Waals surface area contributed by atoms with Gasteiger partial charge in [-0.3, -0.25) is 9.78 Å². The average Bonchev–Trinajstić information content (AvgIpc) is 2.49. The number of hydrazone groups is 1. The topological polar surface area (TPSA) is 63.6 Å². The summed E-state index contributed by atoms with van der Waals surface area (Å²) in [5, 5.41) is 3.85. The average molecular weight is 283 g/mol. The molecular formula is C16H17N3O2. The molecule has 108 valence electrons. The molecule has 0 radical (unpaired) electrons. The molecule has 5 nitrogen and oxygen atoms in total. The zero-order chi connectivity index (χ0) is 15.1. The Kier molecular flexibility index (Phi) is 5.04. The van der Waals surface area contributed by atoms with Gasteiger partial charge in [-0.15, -0.1) is 0 Å². The molecule has 21 heavy (non-hydrogen) atoms. The normalized spacial score (nSPS) is 10.6. The third-order valence-corrected chi connectivity index (χ3v) is 2.79. The van der Waals surface area contributed by atoms with Gasteiger partial charge in [0.15, 0.2) is 6.61 Å². The lowest BCUT2D eigenvalue weighted by atomic mass is 10.1. The number of aryl methyl sites for hydroxylation is 2. The van der Waals surface area contributed by atoms with Crippen molar-refractivity contribution in [3.05, 3.63) is 59.4 Å². The third-order valence-electron chi connectivity index (χ3n) is 2.79. The number of hydrogen-bond acceptors (Lipinski definition) is 4. The summed E-state index contributed by atoms with van der Waals surface area (Å²) in [6, 6.07) is 9.51. The minimum atomic E-state index is -0.309. The van der Waals surface area contributed by atoms with E-state index in [0.717, 1.165) is 16.7 Å². The van der Waals surface area contributed by atoms with E-state index in [4.69, 9.17) is 4.74 Å². The van der Waals surface area contributed by atoms with Crippen LogP contribution in [0.2, 0.25) is 0 Å². The molecule has 0 atom stereocenters. The molecule has 0 saturated carbocycles. The summed E-state index contributed by atoms with van der Waals surface area (Å²) in [6.45, 7) is 3.84. The largest absolute Gasteiger partial charge is 0.483 e. The minimum Gasteiger partial charge on any atom is -0.483 e. The van der Waals surface area contributed by atoms with Crippen LogP contribution in [-0.4, -0.2) is 23.7 Å². The molecule has 5 heteroatoms. The summed E-state index contributed by atoms with van der Waals surface area (Å²) in [5.74, 6) is 0.400. The molecule has 0 aliphatic rings. The van der Waals surface area contributed by atoms with Crippen LogP contribution in [0.15, 0.2) is 47.8 Å². The van der Waals surface area contributed by atoms with Crippen molar-refractivity contribution in [1.82, 2.24) is 10.4 Å². The number of carbonyl (C=O) groups is 1. The number of hydrogen-bond donors (Lipinski definition) is 1. The number of carbonyl (C=O) groups excluding carboxylic acids is 1. The van der Waals surface area contributed by atoms with Crippen LogP contribution in [0.5, 0.6) is 5.75 Å². The Bertz CT molecular complexity index is 639. The van der Waals surface area contributed by atoms with Gasteiger partial charge < -0.3 is 4.74 Å². The lowest BCUT2D eigenvalue weighted by molar-refractivity contribution is -0.123. The first-order valence-electron chi connectivity index (χ1n) is 6.57. The maximum atomic E-state index is 11.6. The van der Waals surface area contributed by atoms with Crippen molar-refractivity contribution in [2.24, 2.45) is 5.10 Å². The van der Waals surface area contributed by atoms with E-state index in [0.29, 0.717) is 5.75 Å². The van der Waals surface area contributed by atoms with Crippen LogP contribution in [0, 0.1) is 13.8 Å². The molecule has 0 fully saturated rings. The molecule has 1 N–H and O–H groups in total. The van der Waals surface area contributed by atoms with E-state index in [1.54, 1.807) is 18.5 Å². The van der Waals surface area contributed by atoms with Gasteiger partial charge in [-0.05, 0) is 37.1 Å². The van der Waals surface area contributed by atoms with E-state index in [1.165, 1.54) is 6.21 Å². The molecule has 1 aromatic carbocycles. The highest BCUT2D eigenvalue weighted by Gasteiger charge is 2.04. The Labute approximate surface area is 123 Å². The van der Waals surface area contributed by atoms with Crippen molar-refractivity contribution in [2.75, 3.05) is 6.61 Å². The molecule has 0 saturated heterocycles. The number of pyridine rings is 1. The van der Waals surface area contributed by atoms with Crippen molar-refractivity contribution in [1.29, 1.82) is 0 Å². The van der Waals surface area contributed by atoms with Crippen LogP contribution < -0.4 is 10.2 Å². The molecule has 0 bridgehead atoms. The predicted octanol–water partition coefficient (Wildman–Crippen LogP) is 2.23. The summed E-state index contributed by atoms with van der Waals surface area (Å²) >= 11 is 0. The molecule has 0 unspecified atom stereocenters. The molecular weight excluding hydrogens is 266 g/mol. The van der Waals surface area contributed by atoms with Crippen molar-refractivity contribution in [2.45, 2.75) is 13.8 Å². The summed E-state index contributed by atoms with van der Waals surface area (Å²) < 4.78 is 5.48. The molecule has 0 spiro atoms. The number of benzene rings is 1. The van der Waals surface area contributed by atoms with Crippen LogP contribution >= 0.6 is 0 Å². The standard InChI is InChI=1S/C16H17N3O2/c1-12-5-6-13(2)15(8-12)21-11-16(20)19-18-10-14-4-3-7-17-9-14/h3-10H,11H2,1-2H3,(H,19,20)/b18-10+. The molecule has 1 aromatic heterocycles. The van der Waals surface area contributed by atoms with Gasteiger partial charge >= 0.3 is 0 Å². The fraction of sp³-hybridized carbons (Fsp3) is 0.188. The Morgan fingerprint density at radius 1 is 1.38 bits per heavy atom. The molecule has 1 heterocycles. The Morgan fingerprint density at radius 2 is 2.24 bits per heavy atom.